The summed E-state index contributed by atoms with van der Waals surface area (Å²) in [6.45, 7) is 2.47. The van der Waals surface area contributed by atoms with Crippen LogP contribution < -0.4 is 5.32 Å². The molecule has 0 aliphatic carbocycles. The first-order chi connectivity index (χ1) is 12.8. The summed E-state index contributed by atoms with van der Waals surface area (Å²) in [5.74, 6) is -0.294. The van der Waals surface area contributed by atoms with Gasteiger partial charge in [-0.3, -0.25) is 4.79 Å². The van der Waals surface area contributed by atoms with Crippen molar-refractivity contribution in [1.29, 1.82) is 0 Å². The fraction of sp³-hybridized carbons (Fsp3) is 0.200. The molecule has 140 valence electrons. The van der Waals surface area contributed by atoms with Crippen LogP contribution in [-0.2, 0) is 16.3 Å². The van der Waals surface area contributed by atoms with Gasteiger partial charge in [-0.15, -0.1) is 11.3 Å². The van der Waals surface area contributed by atoms with E-state index in [-0.39, 0.29) is 10.8 Å². The molecule has 0 radical (unpaired) electrons. The normalized spacial score (nSPS) is 11.3. The zero-order valence-corrected chi connectivity index (χ0v) is 16.7. The number of nitrogens with one attached hydrogen (secondary N) is 1. The number of aryl methyl sites for hydroxylation is 1. The van der Waals surface area contributed by atoms with E-state index in [4.69, 9.17) is 0 Å². The van der Waals surface area contributed by atoms with Crippen LogP contribution in [0.25, 0.3) is 11.3 Å². The number of amides is 1. The monoisotopic (exact) mass is 400 g/mol. The maximum Gasteiger partial charge on any atom is 0.251 e. The smallest absolute Gasteiger partial charge is 0.251 e. The molecule has 0 aliphatic rings. The van der Waals surface area contributed by atoms with Gasteiger partial charge in [0, 0.05) is 35.2 Å². The molecule has 0 fully saturated rings. The zero-order chi connectivity index (χ0) is 19.4. The third-order valence-electron chi connectivity index (χ3n) is 4.04. The molecule has 3 rings (SSSR count). The number of thiazole rings is 1. The van der Waals surface area contributed by atoms with Crippen molar-refractivity contribution >= 4 is 27.1 Å². The first-order valence-electron chi connectivity index (χ1n) is 8.44. The van der Waals surface area contributed by atoms with Crippen molar-refractivity contribution in [2.24, 2.45) is 0 Å². The van der Waals surface area contributed by atoms with Gasteiger partial charge in [-0.25, -0.2) is 13.4 Å². The Morgan fingerprint density at radius 2 is 1.85 bits per heavy atom. The maximum absolute atomic E-state index is 12.3. The highest BCUT2D eigenvalue weighted by Gasteiger charge is 2.13. The summed E-state index contributed by atoms with van der Waals surface area (Å²) in [5, 5.41) is 3.78. The fourth-order valence-electron chi connectivity index (χ4n) is 2.68. The summed E-state index contributed by atoms with van der Waals surface area (Å²) in [6, 6.07) is 16.1. The van der Waals surface area contributed by atoms with Gasteiger partial charge in [0.1, 0.15) is 0 Å². The molecule has 0 saturated heterocycles. The van der Waals surface area contributed by atoms with Crippen LogP contribution in [0.15, 0.2) is 59.5 Å². The van der Waals surface area contributed by atoms with Crippen LogP contribution in [0.1, 0.15) is 20.2 Å². The highest BCUT2D eigenvalue weighted by Crippen LogP contribution is 2.27. The standard InChI is InChI=1S/C20H20N2O3S2/c1-14-19(15-7-4-3-5-8-15)22-18(26-14)11-12-21-20(23)16-9-6-10-17(13-16)27(2,24)25/h3-10,13H,11-12H2,1-2H3,(H,21,23). The molecule has 5 nitrogen and oxygen atoms in total. The number of nitrogens with zero attached hydrogens (tertiary/aromatic N) is 1. The number of carbonyl (C=O) groups is 1. The summed E-state index contributed by atoms with van der Waals surface area (Å²) in [7, 11) is -3.34. The van der Waals surface area contributed by atoms with E-state index >= 15 is 0 Å². The predicted molar refractivity (Wildman–Crippen MR) is 108 cm³/mol. The van der Waals surface area contributed by atoms with Gasteiger partial charge in [-0.05, 0) is 25.1 Å². The van der Waals surface area contributed by atoms with Gasteiger partial charge < -0.3 is 5.32 Å². The Hall–Kier alpha value is -2.51. The van der Waals surface area contributed by atoms with Gasteiger partial charge >= 0.3 is 0 Å². The van der Waals surface area contributed by atoms with Crippen LogP contribution in [0.5, 0.6) is 0 Å². The number of rotatable bonds is 6. The van der Waals surface area contributed by atoms with E-state index in [9.17, 15) is 13.2 Å². The van der Waals surface area contributed by atoms with Crippen LogP contribution >= 0.6 is 11.3 Å². The van der Waals surface area contributed by atoms with Gasteiger partial charge in [-0.1, -0.05) is 36.4 Å². The molecule has 2 aromatic carbocycles. The topological polar surface area (TPSA) is 76.1 Å². The van der Waals surface area contributed by atoms with Crippen molar-refractivity contribution in [2.75, 3.05) is 12.8 Å². The van der Waals surface area contributed by atoms with Gasteiger partial charge in [0.05, 0.1) is 15.6 Å². The Morgan fingerprint density at radius 1 is 1.11 bits per heavy atom. The van der Waals surface area contributed by atoms with Crippen molar-refractivity contribution in [3.63, 3.8) is 0 Å². The quantitative estimate of drug-likeness (QED) is 0.687. The number of benzene rings is 2. The Bertz CT molecular complexity index is 1060. The fourth-order valence-corrected chi connectivity index (χ4v) is 4.30. The molecule has 0 atom stereocenters. The van der Waals surface area contributed by atoms with Gasteiger partial charge in [0.15, 0.2) is 9.84 Å². The third-order valence-corrected chi connectivity index (χ3v) is 6.18. The molecule has 7 heteroatoms. The average molecular weight is 401 g/mol. The molecule has 0 unspecified atom stereocenters. The molecule has 0 bridgehead atoms. The van der Waals surface area contributed by atoms with E-state index in [1.165, 1.54) is 12.1 Å². The van der Waals surface area contributed by atoms with Crippen LogP contribution in [-0.4, -0.2) is 32.1 Å². The van der Waals surface area contributed by atoms with Crippen LogP contribution in [0.3, 0.4) is 0 Å². The lowest BCUT2D eigenvalue weighted by Crippen LogP contribution is -2.25. The average Bonchev–Trinajstić information content (AvgIpc) is 3.02. The molecule has 1 aromatic heterocycles. The first kappa shape index (κ1) is 19.3. The van der Waals surface area contributed by atoms with Crippen molar-refractivity contribution in [3.05, 3.63) is 70.0 Å². The Labute approximate surface area is 163 Å². The summed E-state index contributed by atoms with van der Waals surface area (Å²) < 4.78 is 23.2. The number of carbonyl (C=O) groups excluding carboxylic acids is 1. The Balaban J connectivity index is 1.63. The second-order valence-electron chi connectivity index (χ2n) is 6.18. The highest BCUT2D eigenvalue weighted by molar-refractivity contribution is 7.90. The first-order valence-corrected chi connectivity index (χ1v) is 11.2. The molecule has 1 amide bonds. The number of aromatic nitrogens is 1. The molecule has 1 heterocycles. The molecular weight excluding hydrogens is 380 g/mol. The summed E-state index contributed by atoms with van der Waals surface area (Å²) in [6.07, 6.45) is 1.75. The summed E-state index contributed by atoms with van der Waals surface area (Å²) in [4.78, 5) is 18.2. The summed E-state index contributed by atoms with van der Waals surface area (Å²) >= 11 is 1.62. The number of hydrogen-bond donors (Lipinski definition) is 1. The number of hydrogen-bond acceptors (Lipinski definition) is 5. The van der Waals surface area contributed by atoms with Crippen molar-refractivity contribution in [3.8, 4) is 11.3 Å². The van der Waals surface area contributed by atoms with E-state index in [0.717, 1.165) is 27.4 Å². The van der Waals surface area contributed by atoms with E-state index in [1.54, 1.807) is 23.5 Å². The molecule has 0 spiro atoms. The molecule has 3 aromatic rings. The minimum Gasteiger partial charge on any atom is -0.352 e. The Morgan fingerprint density at radius 3 is 2.56 bits per heavy atom. The van der Waals surface area contributed by atoms with E-state index in [2.05, 4.69) is 10.3 Å². The van der Waals surface area contributed by atoms with E-state index < -0.39 is 9.84 Å². The van der Waals surface area contributed by atoms with Crippen molar-refractivity contribution < 1.29 is 13.2 Å². The van der Waals surface area contributed by atoms with Crippen molar-refractivity contribution in [2.45, 2.75) is 18.2 Å². The van der Waals surface area contributed by atoms with Crippen LogP contribution in [0.2, 0.25) is 0 Å². The minimum atomic E-state index is -3.34. The third kappa shape index (κ3) is 4.81. The number of sulfone groups is 1. The molecular formula is C20H20N2O3S2. The lowest BCUT2D eigenvalue weighted by molar-refractivity contribution is 0.0954. The molecule has 27 heavy (non-hydrogen) atoms. The lowest BCUT2D eigenvalue weighted by atomic mass is 10.1. The van der Waals surface area contributed by atoms with E-state index in [0.29, 0.717) is 18.5 Å². The largest absolute Gasteiger partial charge is 0.352 e. The zero-order valence-electron chi connectivity index (χ0n) is 15.1. The van der Waals surface area contributed by atoms with Crippen molar-refractivity contribution in [1.82, 2.24) is 10.3 Å². The van der Waals surface area contributed by atoms with E-state index in [1.807, 2.05) is 37.3 Å². The highest BCUT2D eigenvalue weighted by atomic mass is 32.2. The molecule has 0 aliphatic heterocycles. The second-order valence-corrected chi connectivity index (χ2v) is 9.49. The lowest BCUT2D eigenvalue weighted by Gasteiger charge is -2.05. The minimum absolute atomic E-state index is 0.137. The predicted octanol–water partition coefficient (Wildman–Crippen LogP) is 3.49. The summed E-state index contributed by atoms with van der Waals surface area (Å²) in [5.41, 5.74) is 2.39. The Kier molecular flexibility index (Phi) is 5.72. The van der Waals surface area contributed by atoms with Gasteiger partial charge in [-0.2, -0.15) is 0 Å². The van der Waals surface area contributed by atoms with Crippen LogP contribution in [0, 0.1) is 6.92 Å². The molecule has 0 saturated carbocycles. The second kappa shape index (κ2) is 8.02. The van der Waals surface area contributed by atoms with Gasteiger partial charge in [0.2, 0.25) is 0 Å². The SMILES string of the molecule is Cc1sc(CCNC(=O)c2cccc(S(C)(=O)=O)c2)nc1-c1ccccc1. The van der Waals surface area contributed by atoms with Crippen LogP contribution in [0.4, 0.5) is 0 Å². The maximum atomic E-state index is 12.3. The van der Waals surface area contributed by atoms with Gasteiger partial charge in [0.25, 0.3) is 5.91 Å². The molecule has 1 N–H and O–H groups in total.